The van der Waals surface area contributed by atoms with Gasteiger partial charge in [0.15, 0.2) is 0 Å². The molecule has 1 aliphatic heterocycles. The van der Waals surface area contributed by atoms with Gasteiger partial charge in [-0.05, 0) is 44.6 Å². The number of carbonyl (C=O) groups is 2. The zero-order chi connectivity index (χ0) is 19.2. The van der Waals surface area contributed by atoms with Gasteiger partial charge in [0.2, 0.25) is 18.6 Å². The molecule has 2 rings (SSSR count). The fraction of sp³-hybridized carbons (Fsp3) is 0.579. The predicted molar refractivity (Wildman–Crippen MR) is 100 cm³/mol. The molecule has 1 aromatic rings. The van der Waals surface area contributed by atoms with E-state index in [0.717, 1.165) is 12.8 Å². The molecule has 1 heterocycles. The molecule has 0 spiro atoms. The average Bonchev–Trinajstić information content (AvgIpc) is 3.07. The van der Waals surface area contributed by atoms with Crippen LogP contribution in [0.25, 0.3) is 0 Å². The van der Waals surface area contributed by atoms with Crippen molar-refractivity contribution >= 4 is 19.2 Å². The van der Waals surface area contributed by atoms with Crippen LogP contribution in [0.5, 0.6) is 0 Å². The zero-order valence-corrected chi connectivity index (χ0v) is 16.4. The number of nitrogens with zero attached hydrogens (tertiary/aromatic N) is 1. The summed E-state index contributed by atoms with van der Waals surface area (Å²) >= 11 is 0. The van der Waals surface area contributed by atoms with Crippen molar-refractivity contribution in [3.05, 3.63) is 35.9 Å². The molecule has 0 bridgehead atoms. The van der Waals surface area contributed by atoms with Crippen molar-refractivity contribution in [2.75, 3.05) is 19.3 Å². The minimum atomic E-state index is -3.58. The van der Waals surface area contributed by atoms with Gasteiger partial charge in [-0.2, -0.15) is 0 Å². The monoisotopic (exact) mass is 381 g/mol. The number of unbranched alkanes of at least 4 members (excludes halogenated alkanes) is 1. The van der Waals surface area contributed by atoms with Crippen molar-refractivity contribution in [2.45, 2.75) is 51.2 Å². The normalized spacial score (nSPS) is 22.2. The van der Waals surface area contributed by atoms with E-state index in [1.165, 1.54) is 17.4 Å². The largest absolute Gasteiger partial charge is 0.479 e. The lowest BCUT2D eigenvalue weighted by molar-refractivity contribution is -0.150. The van der Waals surface area contributed by atoms with Crippen LogP contribution < -0.4 is 0 Å². The third-order valence-corrected chi connectivity index (χ3v) is 8.35. The molecule has 0 aromatic heterocycles. The number of aryl methyl sites for hydroxylation is 1. The lowest BCUT2D eigenvalue weighted by atomic mass is 10.1. The van der Waals surface area contributed by atoms with Crippen LogP contribution in [0.15, 0.2) is 30.3 Å². The minimum absolute atomic E-state index is 0.163. The maximum atomic E-state index is 13.7. The Balaban J connectivity index is 2.16. The second-order valence-corrected chi connectivity index (χ2v) is 9.45. The number of likely N-dealkylation sites (tertiary alicyclic amines) is 1. The summed E-state index contributed by atoms with van der Waals surface area (Å²) in [4.78, 5) is 25.4. The predicted octanol–water partition coefficient (Wildman–Crippen LogP) is 3.75. The van der Waals surface area contributed by atoms with E-state index in [1.807, 2.05) is 30.3 Å². The molecule has 1 aliphatic rings. The number of carbonyl (C=O) groups excluding carboxylic acids is 1. The third-order valence-electron chi connectivity index (χ3n) is 4.99. The highest BCUT2D eigenvalue weighted by Crippen LogP contribution is 2.64. The Hall–Kier alpha value is -1.65. The molecule has 1 N–H and O–H groups in total. The Morgan fingerprint density at radius 1 is 1.27 bits per heavy atom. The first kappa shape index (κ1) is 20.7. The quantitative estimate of drug-likeness (QED) is 0.520. The summed E-state index contributed by atoms with van der Waals surface area (Å²) in [6.45, 7) is 3.51. The molecule has 1 unspecified atom stereocenters. The van der Waals surface area contributed by atoms with Crippen molar-refractivity contribution in [1.82, 2.24) is 4.90 Å². The van der Waals surface area contributed by atoms with Crippen LogP contribution >= 0.6 is 7.37 Å². The standard InChI is InChI=1S/C19H28NO5P/c1-3-25-26(24,15-8-7-12-17-10-5-4-6-11-17)19(18(22)23)13-9-14-20(19)16(2)21/h4-6,10-11H,3,7-9,12-15H2,1-2H3,(H,22,23)/t19-,26?/m1/s1. The Labute approximate surface area is 155 Å². The number of rotatable bonds is 9. The molecular weight excluding hydrogens is 353 g/mol. The fourth-order valence-corrected chi connectivity index (χ4v) is 6.97. The van der Waals surface area contributed by atoms with Gasteiger partial charge in [-0.15, -0.1) is 0 Å². The van der Waals surface area contributed by atoms with E-state index in [1.54, 1.807) is 6.92 Å². The lowest BCUT2D eigenvalue weighted by Crippen LogP contribution is -2.53. The van der Waals surface area contributed by atoms with E-state index in [4.69, 9.17) is 4.52 Å². The van der Waals surface area contributed by atoms with Crippen LogP contribution in [0.1, 0.15) is 45.1 Å². The number of amides is 1. The zero-order valence-electron chi connectivity index (χ0n) is 15.5. The number of benzene rings is 1. The molecule has 26 heavy (non-hydrogen) atoms. The minimum Gasteiger partial charge on any atom is -0.479 e. The summed E-state index contributed by atoms with van der Waals surface area (Å²) in [5.41, 5.74) is 1.19. The maximum absolute atomic E-state index is 13.7. The molecule has 1 fully saturated rings. The summed E-state index contributed by atoms with van der Waals surface area (Å²) < 4.78 is 19.3. The Morgan fingerprint density at radius 3 is 2.54 bits per heavy atom. The van der Waals surface area contributed by atoms with Crippen molar-refractivity contribution in [1.29, 1.82) is 0 Å². The van der Waals surface area contributed by atoms with Gasteiger partial charge < -0.3 is 14.5 Å². The first-order chi connectivity index (χ1) is 12.4. The van der Waals surface area contributed by atoms with Gasteiger partial charge in [-0.3, -0.25) is 9.36 Å². The van der Waals surface area contributed by atoms with Gasteiger partial charge in [0, 0.05) is 19.6 Å². The van der Waals surface area contributed by atoms with Crippen molar-refractivity contribution in [3.63, 3.8) is 0 Å². The summed E-state index contributed by atoms with van der Waals surface area (Å²) in [6, 6.07) is 9.98. The number of aliphatic carboxylic acids is 1. The SMILES string of the molecule is CCOP(=O)(CCCCc1ccccc1)[C@@]1(C(=O)O)CCCN1C(C)=O. The molecule has 144 valence electrons. The van der Waals surface area contributed by atoms with Crippen LogP contribution in [-0.4, -0.2) is 46.5 Å². The molecule has 2 atom stereocenters. The van der Waals surface area contributed by atoms with E-state index >= 15 is 0 Å². The summed E-state index contributed by atoms with van der Waals surface area (Å²) in [5, 5.41) is 8.21. The maximum Gasteiger partial charge on any atom is 0.339 e. The highest BCUT2D eigenvalue weighted by atomic mass is 31.2. The molecule has 1 amide bonds. The summed E-state index contributed by atoms with van der Waals surface area (Å²) in [6.07, 6.45) is 3.09. The summed E-state index contributed by atoms with van der Waals surface area (Å²) in [5.74, 6) is -1.58. The van der Waals surface area contributed by atoms with Crippen molar-refractivity contribution in [3.8, 4) is 0 Å². The van der Waals surface area contributed by atoms with E-state index in [0.29, 0.717) is 19.4 Å². The number of carboxylic acids is 1. The molecule has 6 nitrogen and oxygen atoms in total. The Morgan fingerprint density at radius 2 is 1.96 bits per heavy atom. The number of hydrogen-bond donors (Lipinski definition) is 1. The molecule has 0 aliphatic carbocycles. The van der Waals surface area contributed by atoms with Gasteiger partial charge >= 0.3 is 5.97 Å². The third kappa shape index (κ3) is 4.02. The Bertz CT molecular complexity index is 678. The summed E-state index contributed by atoms with van der Waals surface area (Å²) in [7, 11) is -3.58. The smallest absolute Gasteiger partial charge is 0.339 e. The second-order valence-electron chi connectivity index (χ2n) is 6.65. The second kappa shape index (κ2) is 8.83. The van der Waals surface area contributed by atoms with Gasteiger partial charge in [-0.25, -0.2) is 4.79 Å². The van der Waals surface area contributed by atoms with Crippen LogP contribution in [0.4, 0.5) is 0 Å². The molecule has 1 saturated heterocycles. The van der Waals surface area contributed by atoms with Gasteiger partial charge in [0.25, 0.3) is 0 Å². The van der Waals surface area contributed by atoms with Crippen LogP contribution in [-0.2, 0) is 25.1 Å². The highest BCUT2D eigenvalue weighted by Gasteiger charge is 2.62. The van der Waals surface area contributed by atoms with E-state index in [9.17, 15) is 19.3 Å². The molecule has 7 heteroatoms. The van der Waals surface area contributed by atoms with E-state index in [2.05, 4.69) is 0 Å². The molecular formula is C19H28NO5P. The fourth-order valence-electron chi connectivity index (χ4n) is 3.80. The van der Waals surface area contributed by atoms with Crippen molar-refractivity contribution in [2.24, 2.45) is 0 Å². The average molecular weight is 381 g/mol. The Kier molecular flexibility index (Phi) is 7.01. The van der Waals surface area contributed by atoms with Gasteiger partial charge in [-0.1, -0.05) is 30.3 Å². The van der Waals surface area contributed by atoms with Crippen LogP contribution in [0.2, 0.25) is 0 Å². The molecule has 1 aromatic carbocycles. The van der Waals surface area contributed by atoms with Crippen molar-refractivity contribution < 1.29 is 23.8 Å². The molecule has 0 radical (unpaired) electrons. The van der Waals surface area contributed by atoms with Gasteiger partial charge in [0.1, 0.15) is 0 Å². The number of carboxylic acid groups (broad SMARTS) is 1. The lowest BCUT2D eigenvalue weighted by Gasteiger charge is -2.39. The number of hydrogen-bond acceptors (Lipinski definition) is 4. The molecule has 0 saturated carbocycles. The van der Waals surface area contributed by atoms with Crippen LogP contribution in [0.3, 0.4) is 0 Å². The topological polar surface area (TPSA) is 83.9 Å². The van der Waals surface area contributed by atoms with E-state index in [-0.39, 0.29) is 25.1 Å². The van der Waals surface area contributed by atoms with Crippen LogP contribution in [0, 0.1) is 0 Å². The first-order valence-electron chi connectivity index (χ1n) is 9.16. The highest BCUT2D eigenvalue weighted by molar-refractivity contribution is 7.61. The first-order valence-corrected chi connectivity index (χ1v) is 11.0. The van der Waals surface area contributed by atoms with E-state index < -0.39 is 18.6 Å². The van der Waals surface area contributed by atoms with Gasteiger partial charge in [0.05, 0.1) is 6.61 Å².